The molecule has 4 rings (SSSR count). The number of nitrogens with one attached hydrogen (secondary N) is 1. The standard InChI is InChI=1S/C24H23ClN4OS/c1-3-29-23(18-11-13-19(25)14-12-18)27-28-24(29)31-15-22(30)26-16(2)20-10-6-8-17-7-4-5-9-21(17)20/h4-14,16H,3,15H2,1-2H3,(H,26,30). The second-order valence-corrected chi connectivity index (χ2v) is 8.58. The number of rotatable bonds is 7. The van der Waals surface area contributed by atoms with Gasteiger partial charge in [0.1, 0.15) is 0 Å². The van der Waals surface area contributed by atoms with Crippen LogP contribution in [0.4, 0.5) is 0 Å². The Kier molecular flexibility index (Phi) is 6.59. The maximum Gasteiger partial charge on any atom is 0.230 e. The van der Waals surface area contributed by atoms with Crippen molar-refractivity contribution in [2.45, 2.75) is 31.6 Å². The Balaban J connectivity index is 1.43. The molecule has 3 aromatic carbocycles. The lowest BCUT2D eigenvalue weighted by atomic mass is 10.00. The predicted octanol–water partition coefficient (Wildman–Crippen LogP) is 5.74. The van der Waals surface area contributed by atoms with Crippen molar-refractivity contribution in [3.63, 3.8) is 0 Å². The minimum absolute atomic E-state index is 0.0378. The highest BCUT2D eigenvalue weighted by atomic mass is 35.5. The molecular weight excluding hydrogens is 428 g/mol. The van der Waals surface area contributed by atoms with Crippen LogP contribution >= 0.6 is 23.4 Å². The average Bonchev–Trinajstić information content (AvgIpc) is 3.20. The highest BCUT2D eigenvalue weighted by Gasteiger charge is 2.16. The molecule has 0 aliphatic rings. The fourth-order valence-electron chi connectivity index (χ4n) is 3.61. The van der Waals surface area contributed by atoms with Crippen molar-refractivity contribution >= 4 is 40.0 Å². The predicted molar refractivity (Wildman–Crippen MR) is 127 cm³/mol. The van der Waals surface area contributed by atoms with Gasteiger partial charge in [-0.3, -0.25) is 4.79 Å². The molecule has 1 heterocycles. The number of thioether (sulfide) groups is 1. The lowest BCUT2D eigenvalue weighted by Crippen LogP contribution is -2.28. The van der Waals surface area contributed by atoms with Crippen LogP contribution in [-0.2, 0) is 11.3 Å². The van der Waals surface area contributed by atoms with Gasteiger partial charge in [0.15, 0.2) is 11.0 Å². The van der Waals surface area contributed by atoms with Crippen LogP contribution in [0.5, 0.6) is 0 Å². The summed E-state index contributed by atoms with van der Waals surface area (Å²) in [6.45, 7) is 4.76. The Bertz CT molecular complexity index is 1200. The number of hydrogen-bond donors (Lipinski definition) is 1. The van der Waals surface area contributed by atoms with E-state index in [1.54, 1.807) is 0 Å². The summed E-state index contributed by atoms with van der Waals surface area (Å²) >= 11 is 7.38. The summed E-state index contributed by atoms with van der Waals surface area (Å²) in [5.74, 6) is 1.00. The molecule has 0 saturated carbocycles. The smallest absolute Gasteiger partial charge is 0.230 e. The summed E-state index contributed by atoms with van der Waals surface area (Å²) in [4.78, 5) is 12.6. The van der Waals surface area contributed by atoms with Crippen LogP contribution in [-0.4, -0.2) is 26.4 Å². The first-order valence-electron chi connectivity index (χ1n) is 10.2. The first-order valence-corrected chi connectivity index (χ1v) is 11.5. The molecule has 1 N–H and O–H groups in total. The van der Waals surface area contributed by atoms with Crippen LogP contribution < -0.4 is 5.32 Å². The number of aromatic nitrogens is 3. The number of halogens is 1. The third-order valence-electron chi connectivity index (χ3n) is 5.14. The van der Waals surface area contributed by atoms with E-state index in [1.807, 2.05) is 60.9 Å². The van der Waals surface area contributed by atoms with Gasteiger partial charge in [-0.05, 0) is 54.4 Å². The second-order valence-electron chi connectivity index (χ2n) is 7.20. The van der Waals surface area contributed by atoms with E-state index in [0.29, 0.717) is 11.6 Å². The molecule has 4 aromatic rings. The van der Waals surface area contributed by atoms with E-state index in [9.17, 15) is 4.79 Å². The van der Waals surface area contributed by atoms with E-state index < -0.39 is 0 Å². The highest BCUT2D eigenvalue weighted by Crippen LogP contribution is 2.26. The number of nitrogens with zero attached hydrogens (tertiary/aromatic N) is 3. The minimum atomic E-state index is -0.0899. The van der Waals surface area contributed by atoms with Crippen molar-refractivity contribution in [3.8, 4) is 11.4 Å². The van der Waals surface area contributed by atoms with Gasteiger partial charge in [-0.25, -0.2) is 0 Å². The number of carbonyl (C=O) groups excluding carboxylic acids is 1. The molecule has 0 fully saturated rings. The Morgan fingerprint density at radius 2 is 1.81 bits per heavy atom. The first-order chi connectivity index (χ1) is 15.1. The van der Waals surface area contributed by atoms with Crippen LogP contribution in [0.1, 0.15) is 25.5 Å². The highest BCUT2D eigenvalue weighted by molar-refractivity contribution is 7.99. The van der Waals surface area contributed by atoms with Gasteiger partial charge in [0.2, 0.25) is 5.91 Å². The fraction of sp³-hybridized carbons (Fsp3) is 0.208. The monoisotopic (exact) mass is 450 g/mol. The van der Waals surface area contributed by atoms with Crippen molar-refractivity contribution in [2.24, 2.45) is 0 Å². The number of amides is 1. The molecule has 158 valence electrons. The zero-order valence-corrected chi connectivity index (χ0v) is 19.0. The quantitative estimate of drug-likeness (QED) is 0.364. The van der Waals surface area contributed by atoms with Crippen LogP contribution in [0.15, 0.2) is 71.9 Å². The maximum absolute atomic E-state index is 12.6. The first kappa shape index (κ1) is 21.4. The molecule has 0 spiro atoms. The molecule has 7 heteroatoms. The third kappa shape index (κ3) is 4.75. The number of benzene rings is 3. The van der Waals surface area contributed by atoms with Crippen LogP contribution in [0, 0.1) is 0 Å². The van der Waals surface area contributed by atoms with Gasteiger partial charge in [-0.2, -0.15) is 0 Å². The number of hydrogen-bond acceptors (Lipinski definition) is 4. The largest absolute Gasteiger partial charge is 0.349 e. The summed E-state index contributed by atoms with van der Waals surface area (Å²) in [6, 6.07) is 21.8. The van der Waals surface area contributed by atoms with E-state index in [0.717, 1.165) is 27.5 Å². The molecule has 0 saturated heterocycles. The van der Waals surface area contributed by atoms with E-state index in [-0.39, 0.29) is 17.7 Å². The molecule has 5 nitrogen and oxygen atoms in total. The zero-order chi connectivity index (χ0) is 21.8. The van der Waals surface area contributed by atoms with Crippen LogP contribution in [0.2, 0.25) is 5.02 Å². The van der Waals surface area contributed by atoms with Crippen molar-refractivity contribution in [2.75, 3.05) is 5.75 Å². The van der Waals surface area contributed by atoms with E-state index in [2.05, 4.69) is 39.8 Å². The molecule has 1 amide bonds. The third-order valence-corrected chi connectivity index (χ3v) is 6.35. The van der Waals surface area contributed by atoms with Crippen LogP contribution in [0.25, 0.3) is 22.2 Å². The van der Waals surface area contributed by atoms with Gasteiger partial charge in [0, 0.05) is 17.1 Å². The molecule has 1 unspecified atom stereocenters. The molecule has 0 aliphatic heterocycles. The summed E-state index contributed by atoms with van der Waals surface area (Å²) in [7, 11) is 0. The van der Waals surface area contributed by atoms with Gasteiger partial charge in [0.25, 0.3) is 0 Å². The van der Waals surface area contributed by atoms with Gasteiger partial charge in [-0.15, -0.1) is 10.2 Å². The van der Waals surface area contributed by atoms with Crippen LogP contribution in [0.3, 0.4) is 0 Å². The van der Waals surface area contributed by atoms with Crippen molar-refractivity contribution in [1.29, 1.82) is 0 Å². The molecule has 0 bridgehead atoms. The molecular formula is C24H23ClN4OS. The molecule has 31 heavy (non-hydrogen) atoms. The SMILES string of the molecule is CCn1c(SCC(=O)NC(C)c2cccc3ccccc23)nnc1-c1ccc(Cl)cc1. The van der Waals surface area contributed by atoms with E-state index >= 15 is 0 Å². The minimum Gasteiger partial charge on any atom is -0.349 e. The Hall–Kier alpha value is -2.83. The summed E-state index contributed by atoms with van der Waals surface area (Å²) in [5.41, 5.74) is 2.05. The topological polar surface area (TPSA) is 59.8 Å². The number of fused-ring (bicyclic) bond motifs is 1. The number of carbonyl (C=O) groups is 1. The summed E-state index contributed by atoms with van der Waals surface area (Å²) in [6.07, 6.45) is 0. The fourth-order valence-corrected chi connectivity index (χ4v) is 4.55. The van der Waals surface area contributed by atoms with Gasteiger partial charge in [-0.1, -0.05) is 65.8 Å². The molecule has 1 aromatic heterocycles. The zero-order valence-electron chi connectivity index (χ0n) is 17.4. The lowest BCUT2D eigenvalue weighted by molar-refractivity contribution is -0.119. The maximum atomic E-state index is 12.6. The van der Waals surface area contributed by atoms with Gasteiger partial charge in [0.05, 0.1) is 11.8 Å². The second kappa shape index (κ2) is 9.54. The Morgan fingerprint density at radius 3 is 2.58 bits per heavy atom. The van der Waals surface area contributed by atoms with Crippen molar-refractivity contribution < 1.29 is 4.79 Å². The molecule has 0 radical (unpaired) electrons. The van der Waals surface area contributed by atoms with Crippen molar-refractivity contribution in [3.05, 3.63) is 77.3 Å². The lowest BCUT2D eigenvalue weighted by Gasteiger charge is -2.16. The molecule has 1 atom stereocenters. The normalized spacial score (nSPS) is 12.1. The van der Waals surface area contributed by atoms with E-state index in [4.69, 9.17) is 11.6 Å². The van der Waals surface area contributed by atoms with Gasteiger partial charge < -0.3 is 9.88 Å². The Labute approximate surface area is 190 Å². The molecule has 0 aliphatic carbocycles. The Morgan fingerprint density at radius 1 is 1.06 bits per heavy atom. The summed E-state index contributed by atoms with van der Waals surface area (Å²) < 4.78 is 2.01. The van der Waals surface area contributed by atoms with Gasteiger partial charge >= 0.3 is 0 Å². The van der Waals surface area contributed by atoms with Crippen molar-refractivity contribution in [1.82, 2.24) is 20.1 Å². The average molecular weight is 451 g/mol. The summed E-state index contributed by atoms with van der Waals surface area (Å²) in [5, 5.41) is 15.5. The van der Waals surface area contributed by atoms with E-state index in [1.165, 1.54) is 17.1 Å².